The standard InChI is InChI=1S/C17H26N2O2/c1-13(19-16(21)17(2,3)4)15(20)18-12-8-11-14-9-6-5-7-10-14/h5-7,9-10,13H,8,11-12H2,1-4H3,(H,18,20)(H,19,21). The fourth-order valence-corrected chi connectivity index (χ4v) is 1.78. The van der Waals surface area contributed by atoms with Gasteiger partial charge in [0.1, 0.15) is 6.04 Å². The lowest BCUT2D eigenvalue weighted by Crippen LogP contribution is -2.48. The topological polar surface area (TPSA) is 58.2 Å². The molecule has 0 aliphatic carbocycles. The van der Waals surface area contributed by atoms with Crippen molar-refractivity contribution in [3.8, 4) is 0 Å². The molecule has 116 valence electrons. The van der Waals surface area contributed by atoms with Crippen molar-refractivity contribution in [1.82, 2.24) is 10.6 Å². The van der Waals surface area contributed by atoms with E-state index in [1.54, 1.807) is 6.92 Å². The highest BCUT2D eigenvalue weighted by atomic mass is 16.2. The Balaban J connectivity index is 2.26. The van der Waals surface area contributed by atoms with Gasteiger partial charge in [0.25, 0.3) is 0 Å². The molecule has 0 aliphatic heterocycles. The summed E-state index contributed by atoms with van der Waals surface area (Å²) < 4.78 is 0. The molecule has 0 fully saturated rings. The molecule has 0 heterocycles. The predicted octanol–water partition coefficient (Wildman–Crippen LogP) is 2.29. The van der Waals surface area contributed by atoms with Crippen molar-refractivity contribution in [2.24, 2.45) is 5.41 Å². The summed E-state index contributed by atoms with van der Waals surface area (Å²) in [5, 5.41) is 5.58. The van der Waals surface area contributed by atoms with Gasteiger partial charge in [-0.1, -0.05) is 51.1 Å². The molecule has 1 atom stereocenters. The minimum absolute atomic E-state index is 0.116. The van der Waals surface area contributed by atoms with Gasteiger partial charge in [-0.15, -0.1) is 0 Å². The molecule has 1 unspecified atom stereocenters. The predicted molar refractivity (Wildman–Crippen MR) is 84.8 cm³/mol. The third-order valence-corrected chi connectivity index (χ3v) is 3.21. The second-order valence-corrected chi connectivity index (χ2v) is 6.33. The lowest BCUT2D eigenvalue weighted by atomic mass is 9.95. The van der Waals surface area contributed by atoms with E-state index in [2.05, 4.69) is 22.8 Å². The zero-order valence-electron chi connectivity index (χ0n) is 13.4. The highest BCUT2D eigenvalue weighted by molar-refractivity contribution is 5.89. The van der Waals surface area contributed by atoms with Gasteiger partial charge in [-0.25, -0.2) is 0 Å². The molecule has 21 heavy (non-hydrogen) atoms. The van der Waals surface area contributed by atoms with Crippen molar-refractivity contribution in [2.75, 3.05) is 6.54 Å². The SMILES string of the molecule is CC(NC(=O)C(C)(C)C)C(=O)NCCCc1ccccc1. The van der Waals surface area contributed by atoms with Crippen LogP contribution < -0.4 is 10.6 Å². The number of aryl methyl sites for hydroxylation is 1. The number of carbonyl (C=O) groups is 2. The van der Waals surface area contributed by atoms with Gasteiger partial charge in [-0.3, -0.25) is 9.59 Å². The molecule has 0 spiro atoms. The molecule has 2 amide bonds. The third-order valence-electron chi connectivity index (χ3n) is 3.21. The zero-order chi connectivity index (χ0) is 15.9. The van der Waals surface area contributed by atoms with Crippen LogP contribution in [0.2, 0.25) is 0 Å². The molecule has 0 aliphatic rings. The van der Waals surface area contributed by atoms with Crippen molar-refractivity contribution in [3.63, 3.8) is 0 Å². The van der Waals surface area contributed by atoms with Crippen LogP contribution in [0.1, 0.15) is 39.7 Å². The van der Waals surface area contributed by atoms with Crippen molar-refractivity contribution in [2.45, 2.75) is 46.6 Å². The van der Waals surface area contributed by atoms with Crippen molar-refractivity contribution < 1.29 is 9.59 Å². The van der Waals surface area contributed by atoms with Crippen LogP contribution in [0.5, 0.6) is 0 Å². The molecule has 0 bridgehead atoms. The first-order valence-electron chi connectivity index (χ1n) is 7.43. The van der Waals surface area contributed by atoms with Gasteiger partial charge < -0.3 is 10.6 Å². The number of amides is 2. The molecule has 0 saturated carbocycles. The van der Waals surface area contributed by atoms with Gasteiger partial charge in [0.2, 0.25) is 11.8 Å². The van der Waals surface area contributed by atoms with E-state index >= 15 is 0 Å². The zero-order valence-corrected chi connectivity index (χ0v) is 13.4. The molecular formula is C17H26N2O2. The Morgan fingerprint density at radius 1 is 1.14 bits per heavy atom. The minimum Gasteiger partial charge on any atom is -0.354 e. The van der Waals surface area contributed by atoms with Crippen molar-refractivity contribution >= 4 is 11.8 Å². The van der Waals surface area contributed by atoms with Crippen LogP contribution in [0.4, 0.5) is 0 Å². The van der Waals surface area contributed by atoms with Crippen LogP contribution in [0.25, 0.3) is 0 Å². The van der Waals surface area contributed by atoms with Gasteiger partial charge in [-0.05, 0) is 25.3 Å². The van der Waals surface area contributed by atoms with E-state index in [0.717, 1.165) is 12.8 Å². The van der Waals surface area contributed by atoms with Crippen LogP contribution in [-0.4, -0.2) is 24.4 Å². The highest BCUT2D eigenvalue weighted by Gasteiger charge is 2.24. The molecule has 4 nitrogen and oxygen atoms in total. The minimum atomic E-state index is -0.506. The average Bonchev–Trinajstić information content (AvgIpc) is 2.43. The molecule has 0 radical (unpaired) electrons. The largest absolute Gasteiger partial charge is 0.354 e. The van der Waals surface area contributed by atoms with E-state index in [4.69, 9.17) is 0 Å². The lowest BCUT2D eigenvalue weighted by Gasteiger charge is -2.21. The Morgan fingerprint density at radius 3 is 2.33 bits per heavy atom. The van der Waals surface area contributed by atoms with Gasteiger partial charge in [0.05, 0.1) is 0 Å². The van der Waals surface area contributed by atoms with E-state index in [1.165, 1.54) is 5.56 Å². The fourth-order valence-electron chi connectivity index (χ4n) is 1.78. The first kappa shape index (κ1) is 17.2. The van der Waals surface area contributed by atoms with Crippen molar-refractivity contribution in [3.05, 3.63) is 35.9 Å². The molecule has 1 aromatic carbocycles. The first-order valence-corrected chi connectivity index (χ1v) is 7.43. The van der Waals surface area contributed by atoms with Crippen LogP contribution in [0.15, 0.2) is 30.3 Å². The highest BCUT2D eigenvalue weighted by Crippen LogP contribution is 2.12. The van der Waals surface area contributed by atoms with E-state index in [9.17, 15) is 9.59 Å². The van der Waals surface area contributed by atoms with Crippen molar-refractivity contribution in [1.29, 1.82) is 0 Å². The van der Waals surface area contributed by atoms with Crippen LogP contribution in [0, 0.1) is 5.41 Å². The number of hydrogen-bond donors (Lipinski definition) is 2. The third kappa shape index (κ3) is 6.43. The summed E-state index contributed by atoms with van der Waals surface area (Å²) in [6.45, 7) is 7.80. The summed E-state index contributed by atoms with van der Waals surface area (Å²) in [4.78, 5) is 23.7. The summed E-state index contributed by atoms with van der Waals surface area (Å²) >= 11 is 0. The number of benzene rings is 1. The van der Waals surface area contributed by atoms with Gasteiger partial charge in [0.15, 0.2) is 0 Å². The quantitative estimate of drug-likeness (QED) is 0.790. The molecule has 2 N–H and O–H groups in total. The maximum atomic E-state index is 11.9. The Bertz CT molecular complexity index is 463. The number of hydrogen-bond acceptors (Lipinski definition) is 2. The Labute approximate surface area is 127 Å². The van der Waals surface area contributed by atoms with Crippen LogP contribution in [0.3, 0.4) is 0 Å². The number of carbonyl (C=O) groups excluding carboxylic acids is 2. The fraction of sp³-hybridized carbons (Fsp3) is 0.529. The van der Waals surface area contributed by atoms with E-state index in [-0.39, 0.29) is 11.8 Å². The summed E-state index contributed by atoms with van der Waals surface area (Å²) in [6, 6.07) is 9.66. The van der Waals surface area contributed by atoms with E-state index < -0.39 is 11.5 Å². The average molecular weight is 290 g/mol. The summed E-state index contributed by atoms with van der Waals surface area (Å²) in [5.74, 6) is -0.255. The molecule has 1 rings (SSSR count). The van der Waals surface area contributed by atoms with Crippen LogP contribution >= 0.6 is 0 Å². The van der Waals surface area contributed by atoms with E-state index in [1.807, 2.05) is 39.0 Å². The molecule has 4 heteroatoms. The molecule has 0 aromatic heterocycles. The van der Waals surface area contributed by atoms with Gasteiger partial charge in [0, 0.05) is 12.0 Å². The molecular weight excluding hydrogens is 264 g/mol. The second kappa shape index (κ2) is 7.81. The van der Waals surface area contributed by atoms with E-state index in [0.29, 0.717) is 6.54 Å². The molecule has 1 aromatic rings. The number of rotatable bonds is 6. The maximum Gasteiger partial charge on any atom is 0.242 e. The Hall–Kier alpha value is -1.84. The van der Waals surface area contributed by atoms with Gasteiger partial charge in [-0.2, -0.15) is 0 Å². The number of nitrogens with one attached hydrogen (secondary N) is 2. The Kier molecular flexibility index (Phi) is 6.40. The maximum absolute atomic E-state index is 11.9. The molecule has 0 saturated heterocycles. The summed E-state index contributed by atoms with van der Waals surface area (Å²) in [6.07, 6.45) is 1.82. The summed E-state index contributed by atoms with van der Waals surface area (Å²) in [7, 11) is 0. The normalized spacial score (nSPS) is 12.6. The van der Waals surface area contributed by atoms with Gasteiger partial charge >= 0.3 is 0 Å². The Morgan fingerprint density at radius 2 is 1.76 bits per heavy atom. The lowest BCUT2D eigenvalue weighted by molar-refractivity contribution is -0.133. The summed E-state index contributed by atoms with van der Waals surface area (Å²) in [5.41, 5.74) is 0.780. The smallest absolute Gasteiger partial charge is 0.242 e. The monoisotopic (exact) mass is 290 g/mol. The first-order chi connectivity index (χ1) is 9.80. The second-order valence-electron chi connectivity index (χ2n) is 6.33. The van der Waals surface area contributed by atoms with Crippen LogP contribution in [-0.2, 0) is 16.0 Å².